The van der Waals surface area contributed by atoms with Crippen molar-refractivity contribution in [1.29, 1.82) is 0 Å². The van der Waals surface area contributed by atoms with Crippen molar-refractivity contribution in [3.05, 3.63) is 72.9 Å². The maximum atomic E-state index is 12.6. The molecule has 0 aromatic heterocycles. The largest absolute Gasteiger partial charge is 0.756 e. The number of nitrogens with zero attached hydrogens (tertiary/aromatic N) is 1. The van der Waals surface area contributed by atoms with Crippen molar-refractivity contribution in [3.8, 4) is 0 Å². The van der Waals surface area contributed by atoms with Crippen LogP contribution in [-0.4, -0.2) is 104 Å². The van der Waals surface area contributed by atoms with E-state index in [-0.39, 0.29) is 32.3 Å². The Labute approximate surface area is 344 Å². The molecule has 0 aliphatic heterocycles. The number of hydrogen-bond donors (Lipinski definition) is 3. The minimum absolute atomic E-state index is 0.0835. The normalized spacial score (nSPS) is 16.0. The molecule has 12 nitrogen and oxygen atoms in total. The average Bonchev–Trinajstić information content (AvgIpc) is 3.15. The fourth-order valence-electron chi connectivity index (χ4n) is 5.11. The van der Waals surface area contributed by atoms with Crippen LogP contribution in [0.2, 0.25) is 0 Å². The second-order valence-electron chi connectivity index (χ2n) is 15.2. The molecule has 0 rings (SSSR count). The lowest BCUT2D eigenvalue weighted by atomic mass is 10.1. The third kappa shape index (κ3) is 37.4. The van der Waals surface area contributed by atoms with Crippen LogP contribution in [0.5, 0.6) is 0 Å². The number of carbonyl (C=O) groups excluding carboxylic acids is 2. The highest BCUT2D eigenvalue weighted by atomic mass is 31.2. The van der Waals surface area contributed by atoms with Gasteiger partial charge in [0.1, 0.15) is 19.8 Å². The zero-order valence-corrected chi connectivity index (χ0v) is 36.5. The van der Waals surface area contributed by atoms with Crippen molar-refractivity contribution in [2.45, 2.75) is 147 Å². The first-order chi connectivity index (χ1) is 27.2. The summed E-state index contributed by atoms with van der Waals surface area (Å²) >= 11 is 0. The summed E-state index contributed by atoms with van der Waals surface area (Å²) in [6, 6.07) is 0. The SMILES string of the molecule is CC/C=C\C[C@@H](O)/C=C/C=C/C=C\C=C/[C@H](O)[C@@H](O)CCCC(=O)OC[C@H](COP(=O)([O-])OCC[N+](C)(C)C)OC(=O)CCCCCCC/C=C\CCCCCC. The van der Waals surface area contributed by atoms with Gasteiger partial charge in [0.15, 0.2) is 6.10 Å². The molecule has 0 amide bonds. The Balaban J connectivity index is 4.75. The van der Waals surface area contributed by atoms with Gasteiger partial charge in [-0.1, -0.05) is 125 Å². The van der Waals surface area contributed by atoms with Gasteiger partial charge >= 0.3 is 11.9 Å². The van der Waals surface area contributed by atoms with Gasteiger partial charge in [-0.3, -0.25) is 14.2 Å². The number of phosphoric ester groups is 1. The fourth-order valence-corrected chi connectivity index (χ4v) is 5.83. The first kappa shape index (κ1) is 54.3. The quantitative estimate of drug-likeness (QED) is 0.0141. The molecule has 5 atom stereocenters. The summed E-state index contributed by atoms with van der Waals surface area (Å²) < 4.78 is 33.5. The highest BCUT2D eigenvalue weighted by molar-refractivity contribution is 7.45. The molecule has 13 heteroatoms. The summed E-state index contributed by atoms with van der Waals surface area (Å²) in [4.78, 5) is 37.5. The molecule has 0 fully saturated rings. The molecular weight excluding hydrogens is 749 g/mol. The third-order valence-electron chi connectivity index (χ3n) is 8.55. The van der Waals surface area contributed by atoms with Gasteiger partial charge in [0.2, 0.25) is 0 Å². The van der Waals surface area contributed by atoms with E-state index < -0.39 is 57.4 Å². The highest BCUT2D eigenvalue weighted by Gasteiger charge is 2.22. The van der Waals surface area contributed by atoms with Crippen molar-refractivity contribution in [1.82, 2.24) is 0 Å². The topological polar surface area (TPSA) is 172 Å². The fraction of sp³-hybridized carbons (Fsp3) is 0.682. The number of aliphatic hydroxyl groups is 3. The van der Waals surface area contributed by atoms with Crippen LogP contribution in [0.3, 0.4) is 0 Å². The smallest absolute Gasteiger partial charge is 0.306 e. The zero-order valence-electron chi connectivity index (χ0n) is 35.6. The number of rotatable bonds is 36. The summed E-state index contributed by atoms with van der Waals surface area (Å²) in [5.41, 5.74) is 0. The molecule has 0 aromatic rings. The number of carbonyl (C=O) groups is 2. The Kier molecular flexibility index (Phi) is 33.6. The van der Waals surface area contributed by atoms with Crippen LogP contribution in [0.4, 0.5) is 0 Å². The summed E-state index contributed by atoms with van der Waals surface area (Å²) in [5, 5.41) is 30.4. The number of allylic oxidation sites excluding steroid dienone is 9. The molecule has 0 saturated carbocycles. The Morgan fingerprint density at radius 2 is 1.30 bits per heavy atom. The number of unbranched alkanes of at least 4 members (excludes halogenated alkanes) is 9. The standard InChI is InChI=1S/C44H76NO11P/c1-6-8-10-11-12-13-14-15-16-17-18-23-27-33-44(50)56-40(38-55-57(51,52)54-36-35-45(3,4)5)37-53-43(49)34-28-32-42(48)41(47)31-26-22-20-19-21-25-30-39(46)29-24-9-7-2/h9,13-14,19-22,24-26,30-31,39-42,46-48H,6-8,10-12,15-18,23,27-29,32-38H2,1-5H3/b14-13-,21-19+,22-20-,24-9-,30-25+,31-26-/t39-,40-,41+,42+/m1/s1. The molecule has 1 unspecified atom stereocenters. The summed E-state index contributed by atoms with van der Waals surface area (Å²) in [6.07, 6.45) is 31.7. The van der Waals surface area contributed by atoms with E-state index in [1.54, 1.807) is 42.5 Å². The molecule has 0 spiro atoms. The maximum absolute atomic E-state index is 12.6. The van der Waals surface area contributed by atoms with Crippen LogP contribution < -0.4 is 4.89 Å². The molecule has 57 heavy (non-hydrogen) atoms. The molecule has 0 aromatic carbocycles. The van der Waals surface area contributed by atoms with Crippen molar-refractivity contribution in [2.24, 2.45) is 0 Å². The van der Waals surface area contributed by atoms with Gasteiger partial charge in [0.25, 0.3) is 7.82 Å². The van der Waals surface area contributed by atoms with Crippen molar-refractivity contribution >= 4 is 19.8 Å². The molecule has 328 valence electrons. The minimum atomic E-state index is -4.71. The Bertz CT molecular complexity index is 1250. The van der Waals surface area contributed by atoms with Crippen LogP contribution in [0, 0.1) is 0 Å². The summed E-state index contributed by atoms with van der Waals surface area (Å²) in [7, 11) is 0.956. The summed E-state index contributed by atoms with van der Waals surface area (Å²) in [5.74, 6) is -1.19. The van der Waals surface area contributed by atoms with Crippen molar-refractivity contribution in [3.63, 3.8) is 0 Å². The molecule has 3 N–H and O–H groups in total. The number of phosphoric acid groups is 1. The van der Waals surface area contributed by atoms with E-state index in [0.29, 0.717) is 23.9 Å². The molecule has 0 aliphatic carbocycles. The van der Waals surface area contributed by atoms with E-state index >= 15 is 0 Å². The van der Waals surface area contributed by atoms with Crippen LogP contribution in [0.1, 0.15) is 123 Å². The van der Waals surface area contributed by atoms with Crippen LogP contribution in [0.15, 0.2) is 72.9 Å². The second-order valence-corrected chi connectivity index (χ2v) is 16.6. The lowest BCUT2D eigenvalue weighted by Gasteiger charge is -2.28. The molecule has 0 saturated heterocycles. The Morgan fingerprint density at radius 3 is 1.95 bits per heavy atom. The van der Waals surface area contributed by atoms with Crippen LogP contribution in [0.25, 0.3) is 0 Å². The molecular formula is C44H76NO11P. The van der Waals surface area contributed by atoms with E-state index in [1.165, 1.54) is 31.8 Å². The summed E-state index contributed by atoms with van der Waals surface area (Å²) in [6.45, 7) is 3.58. The Morgan fingerprint density at radius 1 is 0.702 bits per heavy atom. The molecule has 0 aliphatic rings. The van der Waals surface area contributed by atoms with Crippen molar-refractivity contribution in [2.75, 3.05) is 47.5 Å². The zero-order chi connectivity index (χ0) is 42.6. The second kappa shape index (κ2) is 35.3. The van der Waals surface area contributed by atoms with Gasteiger partial charge in [-0.25, -0.2) is 0 Å². The molecule has 0 heterocycles. The predicted molar refractivity (Wildman–Crippen MR) is 226 cm³/mol. The van der Waals surface area contributed by atoms with E-state index in [4.69, 9.17) is 18.5 Å². The van der Waals surface area contributed by atoms with E-state index in [9.17, 15) is 34.4 Å². The number of ether oxygens (including phenoxy) is 2. The van der Waals surface area contributed by atoms with Gasteiger partial charge in [-0.2, -0.15) is 0 Å². The van der Waals surface area contributed by atoms with Gasteiger partial charge < -0.3 is 43.2 Å². The van der Waals surface area contributed by atoms with Crippen molar-refractivity contribution < 1.29 is 57.4 Å². The van der Waals surface area contributed by atoms with E-state index in [1.807, 2.05) is 40.2 Å². The predicted octanol–water partition coefficient (Wildman–Crippen LogP) is 7.74. The van der Waals surface area contributed by atoms with Gasteiger partial charge in [-0.05, 0) is 57.8 Å². The first-order valence-electron chi connectivity index (χ1n) is 21.0. The van der Waals surface area contributed by atoms with Crippen LogP contribution >= 0.6 is 7.82 Å². The third-order valence-corrected chi connectivity index (χ3v) is 9.52. The van der Waals surface area contributed by atoms with Gasteiger partial charge in [0, 0.05) is 12.8 Å². The lowest BCUT2D eigenvalue weighted by Crippen LogP contribution is -2.37. The number of hydrogen-bond acceptors (Lipinski definition) is 11. The molecule has 0 bridgehead atoms. The number of likely N-dealkylation sites (N-methyl/N-ethyl adjacent to an activating group) is 1. The lowest BCUT2D eigenvalue weighted by molar-refractivity contribution is -0.870. The highest BCUT2D eigenvalue weighted by Crippen LogP contribution is 2.38. The number of aliphatic hydroxyl groups excluding tert-OH is 3. The maximum Gasteiger partial charge on any atom is 0.306 e. The number of esters is 2. The van der Waals surface area contributed by atoms with Crippen LogP contribution in [-0.2, 0) is 32.7 Å². The monoisotopic (exact) mass is 826 g/mol. The van der Waals surface area contributed by atoms with Gasteiger partial charge in [0.05, 0.1) is 46.1 Å². The average molecular weight is 826 g/mol. The molecule has 0 radical (unpaired) electrons. The van der Waals surface area contributed by atoms with Gasteiger partial charge in [-0.15, -0.1) is 0 Å². The number of quaternary nitrogens is 1. The first-order valence-corrected chi connectivity index (χ1v) is 22.4. The van der Waals surface area contributed by atoms with E-state index in [0.717, 1.165) is 44.9 Å². The van der Waals surface area contributed by atoms with E-state index in [2.05, 4.69) is 19.1 Å². The minimum Gasteiger partial charge on any atom is -0.756 e. The Hall–Kier alpha value is -2.67.